The van der Waals surface area contributed by atoms with Gasteiger partial charge in [0.05, 0.1) is 6.10 Å². The number of piperidine rings is 1. The standard InChI is InChI=1S/C17H20N2O2/c1-13-7-10-19(12-16(13)20)17(21)14-5-4-6-15(11-14)18-8-2-3-9-18/h2-6,8-9,11,13,16,20H,7,10,12H2,1H3. The Hall–Kier alpha value is -2.07. The molecule has 1 saturated heterocycles. The number of aromatic nitrogens is 1. The normalized spacial score (nSPS) is 22.3. The highest BCUT2D eigenvalue weighted by molar-refractivity contribution is 5.94. The number of nitrogens with zero attached hydrogens (tertiary/aromatic N) is 2. The van der Waals surface area contributed by atoms with Crippen molar-refractivity contribution in [1.82, 2.24) is 9.47 Å². The monoisotopic (exact) mass is 284 g/mol. The smallest absolute Gasteiger partial charge is 0.254 e. The fraction of sp³-hybridized carbons (Fsp3) is 0.353. The van der Waals surface area contributed by atoms with E-state index >= 15 is 0 Å². The molecule has 2 unspecified atom stereocenters. The number of carbonyl (C=O) groups is 1. The summed E-state index contributed by atoms with van der Waals surface area (Å²) in [6.45, 7) is 3.16. The summed E-state index contributed by atoms with van der Waals surface area (Å²) in [6.07, 6.45) is 4.34. The van der Waals surface area contributed by atoms with Crippen LogP contribution in [0.5, 0.6) is 0 Å². The molecule has 0 aliphatic carbocycles. The lowest BCUT2D eigenvalue weighted by Crippen LogP contribution is -2.45. The molecule has 21 heavy (non-hydrogen) atoms. The Morgan fingerprint density at radius 2 is 2.00 bits per heavy atom. The quantitative estimate of drug-likeness (QED) is 0.920. The summed E-state index contributed by atoms with van der Waals surface area (Å²) in [5.74, 6) is 0.259. The van der Waals surface area contributed by atoms with E-state index < -0.39 is 6.10 Å². The number of amides is 1. The van der Waals surface area contributed by atoms with Crippen LogP contribution in [0.15, 0.2) is 48.8 Å². The Balaban J connectivity index is 1.80. The summed E-state index contributed by atoms with van der Waals surface area (Å²) in [4.78, 5) is 14.3. The number of benzene rings is 1. The van der Waals surface area contributed by atoms with E-state index in [2.05, 4.69) is 0 Å². The average molecular weight is 284 g/mol. The highest BCUT2D eigenvalue weighted by atomic mass is 16.3. The molecular weight excluding hydrogens is 264 g/mol. The van der Waals surface area contributed by atoms with E-state index in [1.807, 2.05) is 60.3 Å². The number of aliphatic hydroxyl groups is 1. The fourth-order valence-electron chi connectivity index (χ4n) is 2.72. The van der Waals surface area contributed by atoms with Gasteiger partial charge in [-0.15, -0.1) is 0 Å². The summed E-state index contributed by atoms with van der Waals surface area (Å²) in [6, 6.07) is 11.5. The van der Waals surface area contributed by atoms with Crippen LogP contribution in [0, 0.1) is 5.92 Å². The summed E-state index contributed by atoms with van der Waals surface area (Å²) < 4.78 is 1.98. The first-order valence-corrected chi connectivity index (χ1v) is 7.36. The maximum absolute atomic E-state index is 12.6. The van der Waals surface area contributed by atoms with Gasteiger partial charge in [-0.1, -0.05) is 13.0 Å². The van der Waals surface area contributed by atoms with Gasteiger partial charge in [0.25, 0.3) is 5.91 Å². The van der Waals surface area contributed by atoms with Crippen molar-refractivity contribution in [2.45, 2.75) is 19.4 Å². The molecule has 110 valence electrons. The number of likely N-dealkylation sites (tertiary alicyclic amines) is 1. The molecular formula is C17H20N2O2. The molecule has 1 aliphatic heterocycles. The van der Waals surface area contributed by atoms with E-state index in [-0.39, 0.29) is 11.8 Å². The van der Waals surface area contributed by atoms with Crippen LogP contribution < -0.4 is 0 Å². The van der Waals surface area contributed by atoms with Gasteiger partial charge in [0.2, 0.25) is 0 Å². The van der Waals surface area contributed by atoms with Crippen molar-refractivity contribution in [2.75, 3.05) is 13.1 Å². The van der Waals surface area contributed by atoms with Crippen molar-refractivity contribution >= 4 is 5.91 Å². The van der Waals surface area contributed by atoms with Gasteiger partial charge >= 0.3 is 0 Å². The molecule has 1 amide bonds. The Labute approximate surface area is 124 Å². The molecule has 3 rings (SSSR count). The van der Waals surface area contributed by atoms with Gasteiger partial charge in [0.1, 0.15) is 0 Å². The van der Waals surface area contributed by atoms with E-state index in [9.17, 15) is 9.90 Å². The van der Waals surface area contributed by atoms with Gasteiger partial charge < -0.3 is 14.6 Å². The number of aliphatic hydroxyl groups excluding tert-OH is 1. The second-order valence-electron chi connectivity index (χ2n) is 5.73. The minimum atomic E-state index is -0.421. The van der Waals surface area contributed by atoms with Gasteiger partial charge in [0, 0.05) is 36.7 Å². The number of hydrogen-bond donors (Lipinski definition) is 1. The molecule has 1 aromatic heterocycles. The molecule has 1 N–H and O–H groups in total. The van der Waals surface area contributed by atoms with Gasteiger partial charge in [0.15, 0.2) is 0 Å². The van der Waals surface area contributed by atoms with Gasteiger partial charge in [-0.3, -0.25) is 4.79 Å². The Morgan fingerprint density at radius 3 is 2.71 bits per heavy atom. The second-order valence-corrected chi connectivity index (χ2v) is 5.73. The fourth-order valence-corrected chi connectivity index (χ4v) is 2.72. The summed E-state index contributed by atoms with van der Waals surface area (Å²) >= 11 is 0. The van der Waals surface area contributed by atoms with E-state index in [1.165, 1.54) is 0 Å². The topological polar surface area (TPSA) is 45.5 Å². The van der Waals surface area contributed by atoms with Gasteiger partial charge in [-0.2, -0.15) is 0 Å². The van der Waals surface area contributed by atoms with Crippen molar-refractivity contribution in [3.05, 3.63) is 54.4 Å². The molecule has 0 radical (unpaired) electrons. The third-order valence-corrected chi connectivity index (χ3v) is 4.20. The van der Waals surface area contributed by atoms with Crippen molar-refractivity contribution in [3.8, 4) is 5.69 Å². The van der Waals surface area contributed by atoms with Crippen LogP contribution in [0.25, 0.3) is 5.69 Å². The number of carbonyl (C=O) groups excluding carboxylic acids is 1. The maximum Gasteiger partial charge on any atom is 0.254 e. The minimum Gasteiger partial charge on any atom is -0.391 e. The molecule has 0 saturated carbocycles. The predicted octanol–water partition coefficient (Wildman–Crippen LogP) is 2.32. The molecule has 2 heterocycles. The van der Waals surface area contributed by atoms with Crippen LogP contribution in [-0.2, 0) is 0 Å². The SMILES string of the molecule is CC1CCN(C(=O)c2cccc(-n3cccc3)c2)CC1O. The molecule has 0 bridgehead atoms. The number of hydrogen-bond acceptors (Lipinski definition) is 2. The van der Waals surface area contributed by atoms with E-state index in [4.69, 9.17) is 0 Å². The third kappa shape index (κ3) is 2.85. The first-order chi connectivity index (χ1) is 10.1. The first kappa shape index (κ1) is 13.9. The molecule has 4 heteroatoms. The number of rotatable bonds is 2. The average Bonchev–Trinajstić information content (AvgIpc) is 3.04. The summed E-state index contributed by atoms with van der Waals surface area (Å²) in [7, 11) is 0. The van der Waals surface area contributed by atoms with Crippen molar-refractivity contribution in [3.63, 3.8) is 0 Å². The highest BCUT2D eigenvalue weighted by Gasteiger charge is 2.27. The highest BCUT2D eigenvalue weighted by Crippen LogP contribution is 2.20. The van der Waals surface area contributed by atoms with E-state index in [0.29, 0.717) is 18.7 Å². The van der Waals surface area contributed by atoms with Crippen LogP contribution in [0.1, 0.15) is 23.7 Å². The Morgan fingerprint density at radius 1 is 1.24 bits per heavy atom. The van der Waals surface area contributed by atoms with Crippen molar-refractivity contribution in [1.29, 1.82) is 0 Å². The maximum atomic E-state index is 12.6. The lowest BCUT2D eigenvalue weighted by molar-refractivity contribution is 0.0248. The van der Waals surface area contributed by atoms with Gasteiger partial charge in [-0.05, 0) is 42.7 Å². The predicted molar refractivity (Wildman–Crippen MR) is 81.5 cm³/mol. The van der Waals surface area contributed by atoms with Crippen molar-refractivity contribution in [2.24, 2.45) is 5.92 Å². The van der Waals surface area contributed by atoms with Crippen molar-refractivity contribution < 1.29 is 9.90 Å². The first-order valence-electron chi connectivity index (χ1n) is 7.36. The summed E-state index contributed by atoms with van der Waals surface area (Å²) in [5.41, 5.74) is 1.64. The van der Waals surface area contributed by atoms with Crippen LogP contribution in [0.3, 0.4) is 0 Å². The van der Waals surface area contributed by atoms with Gasteiger partial charge in [-0.25, -0.2) is 0 Å². The minimum absolute atomic E-state index is 0.00467. The largest absolute Gasteiger partial charge is 0.391 e. The van der Waals surface area contributed by atoms with E-state index in [1.54, 1.807) is 4.90 Å². The Kier molecular flexibility index (Phi) is 3.80. The Bertz CT molecular complexity index is 621. The molecule has 1 fully saturated rings. The van der Waals surface area contributed by atoms with E-state index in [0.717, 1.165) is 12.1 Å². The summed E-state index contributed by atoms with van der Waals surface area (Å²) in [5, 5.41) is 9.95. The molecule has 4 nitrogen and oxygen atoms in total. The molecule has 1 aromatic carbocycles. The zero-order valence-electron chi connectivity index (χ0n) is 12.1. The molecule has 0 spiro atoms. The lowest BCUT2D eigenvalue weighted by atomic mass is 9.95. The second kappa shape index (κ2) is 5.74. The zero-order valence-corrected chi connectivity index (χ0v) is 12.1. The third-order valence-electron chi connectivity index (χ3n) is 4.20. The number of β-amino-alcohol motifs (C(OH)–C–C–N with tert-alkyl or cyclic N) is 1. The molecule has 1 aliphatic rings. The lowest BCUT2D eigenvalue weighted by Gasteiger charge is -2.34. The molecule has 2 aromatic rings. The van der Waals surface area contributed by atoms with Crippen LogP contribution in [0.2, 0.25) is 0 Å². The van der Waals surface area contributed by atoms with Crippen LogP contribution in [0.4, 0.5) is 0 Å². The zero-order chi connectivity index (χ0) is 14.8. The molecule has 2 atom stereocenters. The van der Waals surface area contributed by atoms with Crippen LogP contribution >= 0.6 is 0 Å². The van der Waals surface area contributed by atoms with Crippen LogP contribution in [-0.4, -0.2) is 39.7 Å².